The average Bonchev–Trinajstić information content (AvgIpc) is 2.28. The fraction of sp³-hybridized carbons (Fsp3) is 0.300. The third kappa shape index (κ3) is 3.76. The van der Waals surface area contributed by atoms with Crippen molar-refractivity contribution in [1.82, 2.24) is 4.72 Å². The third-order valence-corrected chi connectivity index (χ3v) is 3.59. The summed E-state index contributed by atoms with van der Waals surface area (Å²) in [5, 5.41) is 17.4. The number of hydrogen-bond acceptors (Lipinski definition) is 4. The lowest BCUT2D eigenvalue weighted by Crippen LogP contribution is -2.41. The molecule has 1 rings (SSSR count). The maximum absolute atomic E-state index is 12.9. The third-order valence-electron chi connectivity index (χ3n) is 2.12. The molecule has 0 aliphatic carbocycles. The van der Waals surface area contributed by atoms with Crippen molar-refractivity contribution in [3.8, 4) is 0 Å². The summed E-state index contributed by atoms with van der Waals surface area (Å²) < 4.78 is 38.3. The minimum absolute atomic E-state index is 0.274. The summed E-state index contributed by atoms with van der Waals surface area (Å²) in [5.41, 5.74) is 0. The maximum Gasteiger partial charge on any atom is 0.321 e. The van der Waals surface area contributed by atoms with Crippen molar-refractivity contribution in [2.75, 3.05) is 6.61 Å². The normalized spacial score (nSPS) is 13.2. The largest absolute Gasteiger partial charge is 0.480 e. The molecule has 1 aromatic carbocycles. The van der Waals surface area contributed by atoms with Crippen LogP contribution in [0.15, 0.2) is 29.2 Å². The molecule has 0 fully saturated rings. The van der Waals surface area contributed by atoms with Gasteiger partial charge in [-0.2, -0.15) is 4.72 Å². The van der Waals surface area contributed by atoms with Gasteiger partial charge in [0, 0.05) is 6.61 Å². The molecule has 0 aliphatic heterocycles. The summed E-state index contributed by atoms with van der Waals surface area (Å²) in [4.78, 5) is 10.4. The van der Waals surface area contributed by atoms with E-state index in [0.29, 0.717) is 0 Å². The molecular formula is C10H12FNO5S. The highest BCUT2D eigenvalue weighted by molar-refractivity contribution is 7.89. The molecule has 1 atom stereocenters. The van der Waals surface area contributed by atoms with Gasteiger partial charge in [-0.3, -0.25) is 4.79 Å². The van der Waals surface area contributed by atoms with E-state index in [0.717, 1.165) is 18.2 Å². The van der Waals surface area contributed by atoms with E-state index >= 15 is 0 Å². The molecule has 0 radical (unpaired) electrons. The van der Waals surface area contributed by atoms with Crippen LogP contribution >= 0.6 is 0 Å². The van der Waals surface area contributed by atoms with Crippen molar-refractivity contribution in [2.24, 2.45) is 0 Å². The van der Waals surface area contributed by atoms with Crippen LogP contribution in [0.1, 0.15) is 6.42 Å². The van der Waals surface area contributed by atoms with Gasteiger partial charge < -0.3 is 10.2 Å². The summed E-state index contributed by atoms with van der Waals surface area (Å²) in [6, 6.07) is 2.74. The van der Waals surface area contributed by atoms with Crippen LogP contribution in [0.4, 0.5) is 4.39 Å². The molecule has 0 aliphatic rings. The first-order chi connectivity index (χ1) is 8.36. The summed E-state index contributed by atoms with van der Waals surface area (Å²) >= 11 is 0. The molecule has 3 N–H and O–H groups in total. The van der Waals surface area contributed by atoms with Crippen molar-refractivity contribution in [3.05, 3.63) is 30.1 Å². The zero-order valence-corrected chi connectivity index (χ0v) is 10.0. The molecule has 100 valence electrons. The zero-order chi connectivity index (χ0) is 13.8. The van der Waals surface area contributed by atoms with Crippen LogP contribution < -0.4 is 4.72 Å². The number of nitrogens with one attached hydrogen (secondary N) is 1. The van der Waals surface area contributed by atoms with E-state index in [4.69, 9.17) is 10.2 Å². The van der Waals surface area contributed by atoms with E-state index in [-0.39, 0.29) is 11.3 Å². The van der Waals surface area contributed by atoms with Crippen LogP contribution in [0.25, 0.3) is 0 Å². The Labute approximate surface area is 103 Å². The molecule has 0 spiro atoms. The smallest absolute Gasteiger partial charge is 0.321 e. The van der Waals surface area contributed by atoms with Crippen molar-refractivity contribution in [2.45, 2.75) is 17.4 Å². The Hall–Kier alpha value is -1.51. The van der Waals surface area contributed by atoms with Crippen LogP contribution in [-0.2, 0) is 14.8 Å². The first-order valence-corrected chi connectivity index (χ1v) is 6.46. The van der Waals surface area contributed by atoms with Gasteiger partial charge in [-0.05, 0) is 24.6 Å². The number of carbonyl (C=O) groups is 1. The van der Waals surface area contributed by atoms with Crippen LogP contribution in [0, 0.1) is 5.82 Å². The Morgan fingerprint density at radius 2 is 2.11 bits per heavy atom. The van der Waals surface area contributed by atoms with Crippen molar-refractivity contribution >= 4 is 16.0 Å². The van der Waals surface area contributed by atoms with Crippen LogP contribution in [0.5, 0.6) is 0 Å². The molecular weight excluding hydrogens is 265 g/mol. The lowest BCUT2D eigenvalue weighted by Gasteiger charge is -2.13. The van der Waals surface area contributed by atoms with E-state index in [9.17, 15) is 17.6 Å². The minimum Gasteiger partial charge on any atom is -0.480 e. The summed E-state index contributed by atoms with van der Waals surface area (Å²) in [7, 11) is -4.13. The molecule has 0 unspecified atom stereocenters. The number of aliphatic carboxylic acids is 1. The lowest BCUT2D eigenvalue weighted by molar-refractivity contribution is -0.139. The second-order valence-electron chi connectivity index (χ2n) is 3.48. The number of carboxylic acids is 1. The highest BCUT2D eigenvalue weighted by atomic mass is 32.2. The van der Waals surface area contributed by atoms with E-state index in [2.05, 4.69) is 0 Å². The molecule has 0 heterocycles. The van der Waals surface area contributed by atoms with Crippen molar-refractivity contribution < 1.29 is 27.8 Å². The van der Waals surface area contributed by atoms with Gasteiger partial charge >= 0.3 is 5.97 Å². The molecule has 0 bridgehead atoms. The second-order valence-corrected chi connectivity index (χ2v) is 5.20. The number of hydrogen-bond donors (Lipinski definition) is 3. The number of rotatable bonds is 6. The van der Waals surface area contributed by atoms with Gasteiger partial charge in [0.2, 0.25) is 10.0 Å². The Morgan fingerprint density at radius 1 is 1.44 bits per heavy atom. The van der Waals surface area contributed by atoms with E-state index in [1.165, 1.54) is 6.07 Å². The van der Waals surface area contributed by atoms with Gasteiger partial charge in [0.1, 0.15) is 11.9 Å². The predicted octanol–water partition coefficient (Wildman–Crippen LogP) is -0.0604. The van der Waals surface area contributed by atoms with E-state index in [1.54, 1.807) is 0 Å². The van der Waals surface area contributed by atoms with Crippen LogP contribution in [0.2, 0.25) is 0 Å². The quantitative estimate of drug-likeness (QED) is 0.676. The van der Waals surface area contributed by atoms with Gasteiger partial charge in [0.25, 0.3) is 0 Å². The second kappa shape index (κ2) is 5.89. The van der Waals surface area contributed by atoms with Crippen LogP contribution in [0.3, 0.4) is 0 Å². The average molecular weight is 277 g/mol. The standard InChI is InChI=1S/C10H12FNO5S/c11-7-2-1-3-8(6-7)18(16,17)12-9(4-5-13)10(14)15/h1-3,6,9,12-13H,4-5H2,(H,14,15)/t9-/m0/s1. The van der Waals surface area contributed by atoms with E-state index in [1.807, 2.05) is 4.72 Å². The lowest BCUT2D eigenvalue weighted by atomic mass is 10.2. The van der Waals surface area contributed by atoms with Gasteiger partial charge in [-0.15, -0.1) is 0 Å². The van der Waals surface area contributed by atoms with Crippen LogP contribution in [-0.4, -0.2) is 37.2 Å². The molecule has 1 aromatic rings. The highest BCUT2D eigenvalue weighted by Gasteiger charge is 2.25. The number of benzene rings is 1. The fourth-order valence-electron chi connectivity index (χ4n) is 1.25. The monoisotopic (exact) mass is 277 g/mol. The molecule has 0 saturated carbocycles. The summed E-state index contributed by atoms with van der Waals surface area (Å²) in [6.07, 6.45) is -0.274. The van der Waals surface area contributed by atoms with Gasteiger partial charge in [-0.1, -0.05) is 6.07 Å². The molecule has 0 aromatic heterocycles. The molecule has 8 heteroatoms. The van der Waals surface area contributed by atoms with Gasteiger partial charge in [-0.25, -0.2) is 12.8 Å². The predicted molar refractivity (Wildman–Crippen MR) is 59.8 cm³/mol. The Morgan fingerprint density at radius 3 is 2.61 bits per heavy atom. The number of aliphatic hydroxyl groups is 1. The number of halogens is 1. The summed E-state index contributed by atoms with van der Waals surface area (Å²) in [6.45, 7) is -0.483. The van der Waals surface area contributed by atoms with Gasteiger partial charge in [0.15, 0.2) is 0 Å². The molecule has 18 heavy (non-hydrogen) atoms. The van der Waals surface area contributed by atoms with E-state index < -0.39 is 34.5 Å². The molecule has 6 nitrogen and oxygen atoms in total. The number of aliphatic hydroxyl groups excluding tert-OH is 1. The maximum atomic E-state index is 12.9. The SMILES string of the molecule is O=C(O)[C@H](CCO)NS(=O)(=O)c1cccc(F)c1. The topological polar surface area (TPSA) is 104 Å². The minimum atomic E-state index is -4.13. The molecule has 0 saturated heterocycles. The Bertz CT molecular complexity index is 531. The Kier molecular flexibility index (Phi) is 4.76. The fourth-order valence-corrected chi connectivity index (χ4v) is 2.51. The Balaban J connectivity index is 2.97. The summed E-state index contributed by atoms with van der Waals surface area (Å²) in [5.74, 6) is -2.16. The van der Waals surface area contributed by atoms with Gasteiger partial charge in [0.05, 0.1) is 4.90 Å². The first-order valence-electron chi connectivity index (χ1n) is 4.98. The molecule has 0 amide bonds. The van der Waals surface area contributed by atoms with Crippen molar-refractivity contribution in [3.63, 3.8) is 0 Å². The number of sulfonamides is 1. The zero-order valence-electron chi connectivity index (χ0n) is 9.21. The highest BCUT2D eigenvalue weighted by Crippen LogP contribution is 2.11. The van der Waals surface area contributed by atoms with Crippen molar-refractivity contribution in [1.29, 1.82) is 0 Å². The first kappa shape index (κ1) is 14.6. The number of carboxylic acid groups (broad SMARTS) is 1.